The highest BCUT2D eigenvalue weighted by Gasteiger charge is 2.42. The van der Waals surface area contributed by atoms with Gasteiger partial charge in [-0.05, 0) is 19.8 Å². The highest BCUT2D eigenvalue weighted by atomic mass is 32.2. The van der Waals surface area contributed by atoms with Crippen molar-refractivity contribution in [2.24, 2.45) is 5.41 Å². The van der Waals surface area contributed by atoms with E-state index in [0.717, 1.165) is 12.8 Å². The van der Waals surface area contributed by atoms with Crippen LogP contribution in [0.25, 0.3) is 0 Å². The van der Waals surface area contributed by atoms with Gasteiger partial charge in [0.25, 0.3) is 10.0 Å². The fraction of sp³-hybridized carbons (Fsp3) is 0.667. The fourth-order valence-electron chi connectivity index (χ4n) is 1.53. The maximum Gasteiger partial charge on any atom is 0.305 e. The summed E-state index contributed by atoms with van der Waals surface area (Å²) in [6.07, 6.45) is 1.66. The maximum atomic E-state index is 11.9. The van der Waals surface area contributed by atoms with Crippen LogP contribution in [0.15, 0.2) is 9.00 Å². The Morgan fingerprint density at radius 1 is 1.53 bits per heavy atom. The Morgan fingerprint density at radius 3 is 2.59 bits per heavy atom. The summed E-state index contributed by atoms with van der Waals surface area (Å²) in [6, 6.07) is 0. The largest absolute Gasteiger partial charge is 0.396 e. The van der Waals surface area contributed by atoms with Gasteiger partial charge in [-0.3, -0.25) is 4.79 Å². The van der Waals surface area contributed by atoms with E-state index in [0.29, 0.717) is 17.0 Å². The molecule has 1 fully saturated rings. The second-order valence-electron chi connectivity index (χ2n) is 4.41. The molecule has 0 saturated heterocycles. The number of H-pyrrole nitrogens is 1. The molecule has 2 rings (SSSR count). The van der Waals surface area contributed by atoms with Crippen LogP contribution >= 0.6 is 11.3 Å². The summed E-state index contributed by atoms with van der Waals surface area (Å²) in [6.45, 7) is 1.75. The lowest BCUT2D eigenvalue weighted by molar-refractivity contribution is 0.213. The molecule has 0 unspecified atom stereocenters. The highest BCUT2D eigenvalue weighted by Crippen LogP contribution is 2.44. The minimum Gasteiger partial charge on any atom is -0.396 e. The van der Waals surface area contributed by atoms with Crippen LogP contribution in [-0.4, -0.2) is 31.7 Å². The number of aliphatic hydroxyl groups excluding tert-OH is 1. The number of aromatic nitrogens is 1. The molecule has 0 spiro atoms. The normalized spacial score (nSPS) is 18.2. The summed E-state index contributed by atoms with van der Waals surface area (Å²) in [5.74, 6) is 0. The Morgan fingerprint density at radius 2 is 2.18 bits per heavy atom. The van der Waals surface area contributed by atoms with Crippen molar-refractivity contribution < 1.29 is 13.5 Å². The van der Waals surface area contributed by atoms with Gasteiger partial charge in [0.2, 0.25) is 0 Å². The molecule has 0 atom stereocenters. The highest BCUT2D eigenvalue weighted by molar-refractivity contribution is 7.91. The molecule has 1 aromatic rings. The van der Waals surface area contributed by atoms with Crippen molar-refractivity contribution in [3.8, 4) is 0 Å². The third kappa shape index (κ3) is 2.59. The van der Waals surface area contributed by atoms with Crippen LogP contribution in [-0.2, 0) is 10.0 Å². The topological polar surface area (TPSA) is 99.3 Å². The van der Waals surface area contributed by atoms with Crippen LogP contribution in [0.3, 0.4) is 0 Å². The zero-order valence-electron chi connectivity index (χ0n) is 9.32. The molecular weight excluding hydrogens is 264 g/mol. The first-order chi connectivity index (χ1) is 7.88. The minimum atomic E-state index is -3.65. The van der Waals surface area contributed by atoms with E-state index < -0.39 is 10.0 Å². The van der Waals surface area contributed by atoms with E-state index >= 15 is 0 Å². The van der Waals surface area contributed by atoms with Gasteiger partial charge in [-0.25, -0.2) is 13.1 Å². The van der Waals surface area contributed by atoms with Crippen LogP contribution < -0.4 is 9.60 Å². The van der Waals surface area contributed by atoms with Crippen LogP contribution in [0.4, 0.5) is 0 Å². The first-order valence-corrected chi connectivity index (χ1v) is 7.49. The Balaban J connectivity index is 2.14. The number of sulfonamides is 1. The van der Waals surface area contributed by atoms with E-state index in [4.69, 9.17) is 5.11 Å². The Labute approximate surface area is 103 Å². The standard InChI is InChI=1S/C9H14N2O4S2/c1-6-7(16-8(13)11-6)17(14,15)10-4-9(5-12)2-3-9/h10,12H,2-5H2,1H3,(H,11,13). The molecule has 0 aromatic carbocycles. The molecule has 1 aliphatic carbocycles. The van der Waals surface area contributed by atoms with Crippen molar-refractivity contribution in [3.05, 3.63) is 15.4 Å². The van der Waals surface area contributed by atoms with E-state index in [1.165, 1.54) is 0 Å². The average molecular weight is 278 g/mol. The number of hydrogen-bond donors (Lipinski definition) is 3. The predicted octanol–water partition coefficient (Wildman–Crippen LogP) is -0.204. The van der Waals surface area contributed by atoms with Crippen molar-refractivity contribution in [2.45, 2.75) is 24.0 Å². The molecule has 96 valence electrons. The van der Waals surface area contributed by atoms with Crippen molar-refractivity contribution in [2.75, 3.05) is 13.2 Å². The third-order valence-corrected chi connectivity index (χ3v) is 5.96. The van der Waals surface area contributed by atoms with Gasteiger partial charge in [-0.2, -0.15) is 0 Å². The van der Waals surface area contributed by atoms with E-state index in [1.807, 2.05) is 0 Å². The Bertz CT molecular complexity index is 568. The number of aryl methyl sites for hydroxylation is 1. The van der Waals surface area contributed by atoms with E-state index in [-0.39, 0.29) is 27.6 Å². The summed E-state index contributed by atoms with van der Waals surface area (Å²) >= 11 is 0.676. The molecule has 17 heavy (non-hydrogen) atoms. The third-order valence-electron chi connectivity index (χ3n) is 2.95. The molecule has 0 amide bonds. The van der Waals surface area contributed by atoms with E-state index in [1.54, 1.807) is 6.92 Å². The molecule has 3 N–H and O–H groups in total. The van der Waals surface area contributed by atoms with Crippen LogP contribution in [0.2, 0.25) is 0 Å². The van der Waals surface area contributed by atoms with Crippen LogP contribution in [0.5, 0.6) is 0 Å². The number of thiazole rings is 1. The molecule has 1 saturated carbocycles. The van der Waals surface area contributed by atoms with Gasteiger partial charge in [0.05, 0.1) is 0 Å². The van der Waals surface area contributed by atoms with Crippen LogP contribution in [0, 0.1) is 12.3 Å². The Kier molecular flexibility index (Phi) is 3.15. The van der Waals surface area contributed by atoms with Gasteiger partial charge >= 0.3 is 4.87 Å². The number of aromatic amines is 1. The molecule has 0 radical (unpaired) electrons. The van der Waals surface area contributed by atoms with Gasteiger partial charge in [-0.15, -0.1) is 0 Å². The van der Waals surface area contributed by atoms with Gasteiger partial charge in [0, 0.05) is 24.3 Å². The SMILES string of the molecule is Cc1[nH]c(=O)sc1S(=O)(=O)NCC1(CO)CC1. The number of rotatable bonds is 5. The predicted molar refractivity (Wildman–Crippen MR) is 63.6 cm³/mol. The summed E-state index contributed by atoms with van der Waals surface area (Å²) in [5, 5.41) is 9.09. The number of hydrogen-bond acceptors (Lipinski definition) is 5. The molecule has 1 aliphatic rings. The molecule has 0 aliphatic heterocycles. The smallest absolute Gasteiger partial charge is 0.305 e. The summed E-state index contributed by atoms with van der Waals surface area (Å²) in [4.78, 5) is 13.1. The zero-order chi connectivity index (χ0) is 12.7. The fourth-order valence-corrected chi connectivity index (χ4v) is 4.03. The lowest BCUT2D eigenvalue weighted by Crippen LogP contribution is -2.31. The maximum absolute atomic E-state index is 11.9. The minimum absolute atomic E-state index is 0.0160. The van der Waals surface area contributed by atoms with Crippen molar-refractivity contribution in [1.82, 2.24) is 9.71 Å². The monoisotopic (exact) mass is 278 g/mol. The Hall–Kier alpha value is -0.700. The van der Waals surface area contributed by atoms with Gasteiger partial charge < -0.3 is 10.1 Å². The molecule has 1 aromatic heterocycles. The second kappa shape index (κ2) is 4.20. The van der Waals surface area contributed by atoms with Crippen molar-refractivity contribution in [3.63, 3.8) is 0 Å². The summed E-state index contributed by atoms with van der Waals surface area (Å²) in [5.41, 5.74) is 0.0590. The van der Waals surface area contributed by atoms with E-state index in [9.17, 15) is 13.2 Å². The molecule has 8 heteroatoms. The number of aliphatic hydroxyl groups is 1. The van der Waals surface area contributed by atoms with E-state index in [2.05, 4.69) is 9.71 Å². The van der Waals surface area contributed by atoms with Crippen molar-refractivity contribution in [1.29, 1.82) is 0 Å². The van der Waals surface area contributed by atoms with Crippen molar-refractivity contribution >= 4 is 21.4 Å². The van der Waals surface area contributed by atoms with Crippen LogP contribution in [0.1, 0.15) is 18.5 Å². The summed E-state index contributed by atoms with van der Waals surface area (Å²) < 4.78 is 26.3. The first-order valence-electron chi connectivity index (χ1n) is 5.19. The number of nitrogens with one attached hydrogen (secondary N) is 2. The zero-order valence-corrected chi connectivity index (χ0v) is 10.9. The first kappa shape index (κ1) is 12.7. The molecule has 1 heterocycles. The quantitative estimate of drug-likeness (QED) is 0.694. The van der Waals surface area contributed by atoms with Gasteiger partial charge in [-0.1, -0.05) is 11.3 Å². The summed E-state index contributed by atoms with van der Waals surface area (Å²) in [7, 11) is -3.65. The molecular formula is C9H14N2O4S2. The van der Waals surface area contributed by atoms with Gasteiger partial charge in [0.1, 0.15) is 0 Å². The lowest BCUT2D eigenvalue weighted by atomic mass is 10.1. The lowest BCUT2D eigenvalue weighted by Gasteiger charge is -2.12. The average Bonchev–Trinajstić information content (AvgIpc) is 2.96. The van der Waals surface area contributed by atoms with Gasteiger partial charge in [0.15, 0.2) is 4.21 Å². The molecule has 6 nitrogen and oxygen atoms in total. The second-order valence-corrected chi connectivity index (χ2v) is 7.36. The molecule has 0 bridgehead atoms.